The lowest BCUT2D eigenvalue weighted by molar-refractivity contribution is -0.122. The Hall–Kier alpha value is -2.91. The SMILES string of the molecule is Cc1cc(C[C@@H]2CN(CCCOc3ccc(C(N)=O)cc3)C[C@@H]2O)n[nH]1.O=CO. The number of aryl methyl sites for hydroxylation is 1. The number of H-pyrrole nitrogens is 1. The van der Waals surface area contributed by atoms with Crippen molar-refractivity contribution in [2.45, 2.75) is 25.9 Å². The molecule has 1 saturated heterocycles. The Bertz CT molecular complexity index is 777. The third-order valence-corrected chi connectivity index (χ3v) is 4.74. The number of aromatic nitrogens is 2. The number of nitrogens with zero attached hydrogens (tertiary/aromatic N) is 2. The number of rotatable bonds is 8. The molecule has 3 rings (SSSR count). The molecule has 9 heteroatoms. The van der Waals surface area contributed by atoms with Crippen molar-refractivity contribution in [2.75, 3.05) is 26.2 Å². The summed E-state index contributed by atoms with van der Waals surface area (Å²) < 4.78 is 5.70. The highest BCUT2D eigenvalue weighted by atomic mass is 16.5. The topological polar surface area (TPSA) is 142 Å². The van der Waals surface area contributed by atoms with Gasteiger partial charge in [0.1, 0.15) is 5.75 Å². The van der Waals surface area contributed by atoms with Crippen molar-refractivity contribution in [3.8, 4) is 5.75 Å². The number of amides is 1. The van der Waals surface area contributed by atoms with Gasteiger partial charge < -0.3 is 25.6 Å². The number of ether oxygens (including phenoxy) is 1. The van der Waals surface area contributed by atoms with Gasteiger partial charge in [-0.05, 0) is 50.1 Å². The molecule has 1 aromatic heterocycles. The van der Waals surface area contributed by atoms with Crippen LogP contribution in [-0.4, -0.2) is 70.0 Å². The average Bonchev–Trinajstić information content (AvgIpc) is 3.25. The molecule has 29 heavy (non-hydrogen) atoms. The van der Waals surface area contributed by atoms with Crippen molar-refractivity contribution in [3.05, 3.63) is 47.3 Å². The second-order valence-electron chi connectivity index (χ2n) is 7.03. The van der Waals surface area contributed by atoms with Crippen molar-refractivity contribution < 1.29 is 24.5 Å². The van der Waals surface area contributed by atoms with E-state index in [1.807, 2.05) is 13.0 Å². The van der Waals surface area contributed by atoms with Crippen LogP contribution in [0, 0.1) is 12.8 Å². The first-order valence-corrected chi connectivity index (χ1v) is 9.44. The molecule has 5 N–H and O–H groups in total. The molecule has 1 aromatic carbocycles. The highest BCUT2D eigenvalue weighted by Gasteiger charge is 2.31. The number of benzene rings is 1. The lowest BCUT2D eigenvalue weighted by atomic mass is 10.0. The van der Waals surface area contributed by atoms with Crippen LogP contribution >= 0.6 is 0 Å². The molecule has 0 radical (unpaired) electrons. The highest BCUT2D eigenvalue weighted by Crippen LogP contribution is 2.21. The smallest absolute Gasteiger partial charge is 0.290 e. The maximum absolute atomic E-state index is 11.0. The monoisotopic (exact) mass is 404 g/mol. The fourth-order valence-corrected chi connectivity index (χ4v) is 3.37. The number of hydrogen-bond donors (Lipinski definition) is 4. The van der Waals surface area contributed by atoms with Crippen molar-refractivity contribution in [3.63, 3.8) is 0 Å². The Labute approximate surface area is 169 Å². The minimum atomic E-state index is -0.441. The van der Waals surface area contributed by atoms with E-state index in [9.17, 15) is 9.90 Å². The van der Waals surface area contributed by atoms with Crippen LogP contribution in [0.4, 0.5) is 0 Å². The number of nitrogens with one attached hydrogen (secondary N) is 1. The number of primary amides is 1. The molecule has 0 saturated carbocycles. The fraction of sp³-hybridized carbons (Fsp3) is 0.450. The summed E-state index contributed by atoms with van der Waals surface area (Å²) in [4.78, 5) is 21.7. The van der Waals surface area contributed by atoms with Gasteiger partial charge in [0.05, 0.1) is 18.4 Å². The number of nitrogens with two attached hydrogens (primary N) is 1. The van der Waals surface area contributed by atoms with Gasteiger partial charge in [0, 0.05) is 36.8 Å². The summed E-state index contributed by atoms with van der Waals surface area (Å²) in [5.74, 6) is 0.506. The average molecular weight is 404 g/mol. The number of likely N-dealkylation sites (tertiary alicyclic amines) is 1. The van der Waals surface area contributed by atoms with Gasteiger partial charge in [0.25, 0.3) is 6.47 Å². The van der Waals surface area contributed by atoms with Crippen molar-refractivity contribution in [1.82, 2.24) is 15.1 Å². The van der Waals surface area contributed by atoms with Crippen LogP contribution in [0.15, 0.2) is 30.3 Å². The van der Waals surface area contributed by atoms with Gasteiger partial charge in [-0.15, -0.1) is 0 Å². The van der Waals surface area contributed by atoms with Gasteiger partial charge >= 0.3 is 0 Å². The number of hydrogen-bond acceptors (Lipinski definition) is 6. The van der Waals surface area contributed by atoms with E-state index < -0.39 is 5.91 Å². The quantitative estimate of drug-likeness (QED) is 0.377. The normalized spacial score (nSPS) is 18.7. The number of aliphatic hydroxyl groups is 1. The molecular weight excluding hydrogens is 376 g/mol. The van der Waals surface area contributed by atoms with Crippen LogP contribution in [-0.2, 0) is 11.2 Å². The first-order chi connectivity index (χ1) is 13.9. The molecule has 2 atom stereocenters. The van der Waals surface area contributed by atoms with E-state index in [4.69, 9.17) is 20.4 Å². The van der Waals surface area contributed by atoms with Crippen molar-refractivity contribution >= 4 is 12.4 Å². The second-order valence-corrected chi connectivity index (χ2v) is 7.03. The van der Waals surface area contributed by atoms with Gasteiger partial charge in [-0.25, -0.2) is 0 Å². The summed E-state index contributed by atoms with van der Waals surface area (Å²) in [7, 11) is 0. The van der Waals surface area contributed by atoms with Crippen LogP contribution in [0.1, 0.15) is 28.2 Å². The Morgan fingerprint density at radius 2 is 2.07 bits per heavy atom. The molecule has 1 aliphatic heterocycles. The standard InChI is InChI=1S/C19H26N4O3.CH2O2/c1-13-9-16(22-21-13)10-15-11-23(12-18(15)24)7-2-8-26-17-5-3-14(4-6-17)19(20)25;2-1-3/h3-6,9,15,18,24H,2,7-8,10-12H2,1H3,(H2,20,25)(H,21,22);1H,(H,2,3)/t15-,18+;/m1./s1. The van der Waals surface area contributed by atoms with Crippen LogP contribution in [0.2, 0.25) is 0 Å². The molecule has 0 unspecified atom stereocenters. The zero-order valence-corrected chi connectivity index (χ0v) is 16.5. The number of carbonyl (C=O) groups excluding carboxylic acids is 1. The lowest BCUT2D eigenvalue weighted by Crippen LogP contribution is -2.24. The van der Waals surface area contributed by atoms with Gasteiger partial charge in [0.15, 0.2) is 0 Å². The molecule has 1 aliphatic rings. The molecule has 2 heterocycles. The van der Waals surface area contributed by atoms with E-state index in [1.165, 1.54) is 0 Å². The maximum Gasteiger partial charge on any atom is 0.290 e. The summed E-state index contributed by atoms with van der Waals surface area (Å²) in [6.45, 7) is 4.77. The van der Waals surface area contributed by atoms with E-state index >= 15 is 0 Å². The maximum atomic E-state index is 11.0. The molecular formula is C20H28N4O5. The summed E-state index contributed by atoms with van der Waals surface area (Å²) in [5.41, 5.74) is 7.75. The van der Waals surface area contributed by atoms with Gasteiger partial charge in [-0.3, -0.25) is 14.7 Å². The predicted molar refractivity (Wildman–Crippen MR) is 107 cm³/mol. The van der Waals surface area contributed by atoms with E-state index in [1.54, 1.807) is 24.3 Å². The van der Waals surface area contributed by atoms with E-state index in [-0.39, 0.29) is 18.5 Å². The van der Waals surface area contributed by atoms with E-state index in [0.717, 1.165) is 43.1 Å². The lowest BCUT2D eigenvalue weighted by Gasteiger charge is -2.15. The Morgan fingerprint density at radius 3 is 2.66 bits per heavy atom. The Kier molecular flexibility index (Phi) is 8.63. The summed E-state index contributed by atoms with van der Waals surface area (Å²) in [5, 5.41) is 24.4. The van der Waals surface area contributed by atoms with Crippen LogP contribution in [0.3, 0.4) is 0 Å². The van der Waals surface area contributed by atoms with E-state index in [2.05, 4.69) is 15.1 Å². The van der Waals surface area contributed by atoms with Crippen LogP contribution in [0.25, 0.3) is 0 Å². The minimum absolute atomic E-state index is 0.222. The number of carbonyl (C=O) groups is 2. The number of aromatic amines is 1. The first kappa shape index (κ1) is 22.4. The van der Waals surface area contributed by atoms with Crippen LogP contribution in [0.5, 0.6) is 5.75 Å². The summed E-state index contributed by atoms with van der Waals surface area (Å²) in [6.07, 6.45) is 1.36. The van der Waals surface area contributed by atoms with Gasteiger partial charge in [-0.2, -0.15) is 5.10 Å². The molecule has 0 aliphatic carbocycles. The van der Waals surface area contributed by atoms with E-state index in [0.29, 0.717) is 18.7 Å². The third-order valence-electron chi connectivity index (χ3n) is 4.74. The highest BCUT2D eigenvalue weighted by molar-refractivity contribution is 5.92. The van der Waals surface area contributed by atoms with Gasteiger partial charge in [0.2, 0.25) is 5.91 Å². The second kappa shape index (κ2) is 11.2. The molecule has 1 fully saturated rings. The molecule has 0 bridgehead atoms. The number of carboxylic acid groups (broad SMARTS) is 1. The third kappa shape index (κ3) is 7.20. The predicted octanol–water partition coefficient (Wildman–Crippen LogP) is 0.822. The summed E-state index contributed by atoms with van der Waals surface area (Å²) >= 11 is 0. The van der Waals surface area contributed by atoms with Gasteiger partial charge in [-0.1, -0.05) is 0 Å². The van der Waals surface area contributed by atoms with Crippen LogP contribution < -0.4 is 10.5 Å². The van der Waals surface area contributed by atoms with Crippen molar-refractivity contribution in [1.29, 1.82) is 0 Å². The Morgan fingerprint density at radius 1 is 1.38 bits per heavy atom. The molecule has 2 aromatic rings. The summed E-state index contributed by atoms with van der Waals surface area (Å²) in [6, 6.07) is 8.86. The fourth-order valence-electron chi connectivity index (χ4n) is 3.37. The zero-order valence-electron chi connectivity index (χ0n) is 16.5. The molecule has 1 amide bonds. The first-order valence-electron chi connectivity index (χ1n) is 9.44. The van der Waals surface area contributed by atoms with Crippen molar-refractivity contribution in [2.24, 2.45) is 11.7 Å². The number of aliphatic hydroxyl groups excluding tert-OH is 1. The number of β-amino-alcohol motifs (C(OH)–C–C–N with tert-alkyl or cyclic N) is 1. The zero-order chi connectivity index (χ0) is 21.2. The molecule has 0 spiro atoms. The molecule has 158 valence electrons. The largest absolute Gasteiger partial charge is 0.494 e. The molecule has 9 nitrogen and oxygen atoms in total. The minimum Gasteiger partial charge on any atom is -0.494 e. The Balaban J connectivity index is 0.000000941.